The van der Waals surface area contributed by atoms with Crippen LogP contribution in [0.4, 0.5) is 11.4 Å². The summed E-state index contributed by atoms with van der Waals surface area (Å²) in [4.78, 5) is 22.7. The lowest BCUT2D eigenvalue weighted by Crippen LogP contribution is -2.32. The maximum Gasteiger partial charge on any atom is 0.271 e. The molecule has 1 N–H and O–H groups in total. The quantitative estimate of drug-likeness (QED) is 0.493. The summed E-state index contributed by atoms with van der Waals surface area (Å²) in [6, 6.07) is 8.58. The molecule has 12 heteroatoms. The molecule has 10 nitrogen and oxygen atoms in total. The van der Waals surface area contributed by atoms with E-state index in [4.69, 9.17) is 0 Å². The molecule has 3 rings (SSSR count). The maximum atomic E-state index is 13.0. The maximum absolute atomic E-state index is 13.0. The second-order valence-electron chi connectivity index (χ2n) is 7.55. The van der Waals surface area contributed by atoms with Gasteiger partial charge in [-0.15, -0.1) is 0 Å². The lowest BCUT2D eigenvalue weighted by Gasteiger charge is -2.20. The van der Waals surface area contributed by atoms with Crippen LogP contribution < -0.4 is 5.32 Å². The minimum Gasteiger partial charge on any atom is -0.322 e. The molecule has 0 unspecified atom stereocenters. The highest BCUT2D eigenvalue weighted by Crippen LogP contribution is 2.25. The summed E-state index contributed by atoms with van der Waals surface area (Å²) < 4.78 is 51.1. The number of anilines is 1. The van der Waals surface area contributed by atoms with E-state index >= 15 is 0 Å². The highest BCUT2D eigenvalue weighted by Gasteiger charge is 2.26. The highest BCUT2D eigenvalue weighted by molar-refractivity contribution is 7.90. The highest BCUT2D eigenvalue weighted by atomic mass is 32.2. The first-order valence-corrected chi connectivity index (χ1v) is 13.2. The van der Waals surface area contributed by atoms with Gasteiger partial charge in [-0.05, 0) is 37.1 Å². The number of hydrogen-bond acceptors (Lipinski definition) is 7. The third-order valence-corrected chi connectivity index (χ3v) is 8.07. The van der Waals surface area contributed by atoms with E-state index in [0.717, 1.165) is 50.1 Å². The summed E-state index contributed by atoms with van der Waals surface area (Å²) in [5, 5.41) is 13.6. The second kappa shape index (κ2) is 9.35. The minimum atomic E-state index is -3.80. The number of nitrogens with one attached hydrogen (secondary N) is 1. The number of benzene rings is 2. The lowest BCUT2D eigenvalue weighted by molar-refractivity contribution is -0.385. The van der Waals surface area contributed by atoms with Gasteiger partial charge in [-0.25, -0.2) is 16.8 Å². The molecular formula is C20H23N3O7S2. The summed E-state index contributed by atoms with van der Waals surface area (Å²) in [5.74, 6) is -0.803. The fourth-order valence-corrected chi connectivity index (χ4v) is 5.64. The molecule has 1 amide bonds. The molecule has 1 heterocycles. The van der Waals surface area contributed by atoms with E-state index in [9.17, 15) is 31.7 Å². The van der Waals surface area contributed by atoms with Gasteiger partial charge in [0.15, 0.2) is 9.84 Å². The molecule has 1 aliphatic rings. The largest absolute Gasteiger partial charge is 0.322 e. The first kappa shape index (κ1) is 23.8. The predicted molar refractivity (Wildman–Crippen MR) is 118 cm³/mol. The van der Waals surface area contributed by atoms with Crippen LogP contribution in [0.2, 0.25) is 0 Å². The van der Waals surface area contributed by atoms with Crippen LogP contribution in [-0.4, -0.2) is 51.3 Å². The molecule has 2 aromatic carbocycles. The molecule has 0 spiro atoms. The number of nitro benzene ring substituents is 1. The topological polar surface area (TPSA) is 144 Å². The van der Waals surface area contributed by atoms with Crippen molar-refractivity contribution in [1.29, 1.82) is 0 Å². The molecule has 0 saturated carbocycles. The number of nitrogens with zero attached hydrogens (tertiary/aromatic N) is 2. The Balaban J connectivity index is 1.89. The number of sulfone groups is 1. The number of amides is 1. The van der Waals surface area contributed by atoms with Crippen LogP contribution in [0.3, 0.4) is 0 Å². The first-order chi connectivity index (χ1) is 15.0. The summed E-state index contributed by atoms with van der Waals surface area (Å²) in [6.07, 6.45) is 4.39. The van der Waals surface area contributed by atoms with Crippen LogP contribution in [-0.2, 0) is 19.9 Å². The lowest BCUT2D eigenvalue weighted by atomic mass is 10.2. The van der Waals surface area contributed by atoms with Gasteiger partial charge in [0, 0.05) is 42.7 Å². The van der Waals surface area contributed by atoms with Gasteiger partial charge in [-0.3, -0.25) is 14.9 Å². The van der Waals surface area contributed by atoms with Crippen LogP contribution in [0.5, 0.6) is 0 Å². The summed E-state index contributed by atoms with van der Waals surface area (Å²) >= 11 is 0. The van der Waals surface area contributed by atoms with Crippen molar-refractivity contribution in [3.8, 4) is 0 Å². The van der Waals surface area contributed by atoms with Crippen molar-refractivity contribution in [2.24, 2.45) is 0 Å². The molecular weight excluding hydrogens is 458 g/mol. The van der Waals surface area contributed by atoms with Crippen LogP contribution in [0.15, 0.2) is 52.3 Å². The van der Waals surface area contributed by atoms with E-state index in [-0.39, 0.29) is 21.0 Å². The molecule has 0 aliphatic carbocycles. The van der Waals surface area contributed by atoms with E-state index in [1.54, 1.807) is 0 Å². The Kier molecular flexibility index (Phi) is 6.96. The Morgan fingerprint density at radius 1 is 0.969 bits per heavy atom. The molecule has 0 atom stereocenters. The minimum absolute atomic E-state index is 0.0214. The molecule has 1 saturated heterocycles. The van der Waals surface area contributed by atoms with Gasteiger partial charge >= 0.3 is 0 Å². The SMILES string of the molecule is CS(=O)(=O)c1cc(C(=O)Nc2cccc(S(=O)(=O)N3CCCCCC3)c2)cc([N+](=O)[O-])c1. The number of non-ortho nitro benzene ring substituents is 1. The molecule has 172 valence electrons. The predicted octanol–water partition coefficient (Wildman–Crippen LogP) is 2.82. The van der Waals surface area contributed by atoms with Crippen molar-refractivity contribution in [3.63, 3.8) is 0 Å². The van der Waals surface area contributed by atoms with Crippen LogP contribution in [0.1, 0.15) is 36.0 Å². The molecule has 1 fully saturated rings. The number of carbonyl (C=O) groups is 1. The number of hydrogen-bond donors (Lipinski definition) is 1. The van der Waals surface area contributed by atoms with E-state index < -0.39 is 36.4 Å². The van der Waals surface area contributed by atoms with Crippen LogP contribution in [0, 0.1) is 10.1 Å². The third kappa shape index (κ3) is 5.50. The Labute approximate surface area is 186 Å². The first-order valence-electron chi connectivity index (χ1n) is 9.89. The Morgan fingerprint density at radius 3 is 2.22 bits per heavy atom. The van der Waals surface area contributed by atoms with E-state index in [2.05, 4.69) is 5.32 Å². The van der Waals surface area contributed by atoms with Gasteiger partial charge in [-0.2, -0.15) is 4.31 Å². The smallest absolute Gasteiger partial charge is 0.271 e. The summed E-state index contributed by atoms with van der Waals surface area (Å²) in [6.45, 7) is 0.863. The average Bonchev–Trinajstić information content (AvgIpc) is 3.03. The molecule has 32 heavy (non-hydrogen) atoms. The fourth-order valence-electron chi connectivity index (χ4n) is 3.40. The number of sulfonamides is 1. The van der Waals surface area contributed by atoms with Gasteiger partial charge < -0.3 is 5.32 Å². The van der Waals surface area contributed by atoms with Crippen molar-refractivity contribution in [2.45, 2.75) is 35.5 Å². The van der Waals surface area contributed by atoms with Gasteiger partial charge in [0.05, 0.1) is 14.7 Å². The monoisotopic (exact) mass is 481 g/mol. The number of rotatable bonds is 6. The van der Waals surface area contributed by atoms with E-state index in [1.165, 1.54) is 28.6 Å². The summed E-state index contributed by atoms with van der Waals surface area (Å²) in [5.41, 5.74) is -0.616. The van der Waals surface area contributed by atoms with Crippen molar-refractivity contribution in [2.75, 3.05) is 24.7 Å². The van der Waals surface area contributed by atoms with Gasteiger partial charge in [-0.1, -0.05) is 18.9 Å². The second-order valence-corrected chi connectivity index (χ2v) is 11.5. The average molecular weight is 482 g/mol. The van der Waals surface area contributed by atoms with Gasteiger partial charge in [0.25, 0.3) is 11.6 Å². The van der Waals surface area contributed by atoms with Crippen molar-refractivity contribution >= 4 is 37.1 Å². The van der Waals surface area contributed by atoms with Gasteiger partial charge in [0.1, 0.15) is 0 Å². The zero-order valence-corrected chi connectivity index (χ0v) is 19.0. The zero-order valence-electron chi connectivity index (χ0n) is 17.4. The Morgan fingerprint density at radius 2 is 1.62 bits per heavy atom. The van der Waals surface area contributed by atoms with Crippen molar-refractivity contribution in [1.82, 2.24) is 4.31 Å². The molecule has 1 aliphatic heterocycles. The normalized spacial score (nSPS) is 15.7. The van der Waals surface area contributed by atoms with Crippen molar-refractivity contribution in [3.05, 3.63) is 58.1 Å². The zero-order chi connectivity index (χ0) is 23.5. The third-order valence-electron chi connectivity index (χ3n) is 5.09. The Hall–Kier alpha value is -2.83. The van der Waals surface area contributed by atoms with E-state index in [0.29, 0.717) is 13.1 Å². The van der Waals surface area contributed by atoms with E-state index in [1.807, 2.05) is 0 Å². The molecule has 2 aromatic rings. The van der Waals surface area contributed by atoms with Crippen LogP contribution in [0.25, 0.3) is 0 Å². The fraction of sp³-hybridized carbons (Fsp3) is 0.350. The van der Waals surface area contributed by atoms with Crippen molar-refractivity contribution < 1.29 is 26.6 Å². The van der Waals surface area contributed by atoms with Gasteiger partial charge in [0.2, 0.25) is 10.0 Å². The standard InChI is InChI=1S/C20H23N3O7S2/c1-31(27,28)19-12-15(11-17(14-19)23(25)26)20(24)21-16-7-6-8-18(13-16)32(29,30)22-9-4-2-3-5-10-22/h6-8,11-14H,2-5,9-10H2,1H3,(H,21,24). The molecule has 0 bridgehead atoms. The summed E-state index contributed by atoms with van der Waals surface area (Å²) in [7, 11) is -7.54. The number of carbonyl (C=O) groups excluding carboxylic acids is 1. The Bertz CT molecular complexity index is 1250. The van der Waals surface area contributed by atoms with Crippen LogP contribution >= 0.6 is 0 Å². The number of nitro groups is 1. The molecule has 0 aromatic heterocycles. The molecule has 0 radical (unpaired) electrons.